The molecule has 2 atom stereocenters. The topological polar surface area (TPSA) is 29.5 Å². The predicted molar refractivity (Wildman–Crippen MR) is 60.3 cm³/mol. The first-order valence-corrected chi connectivity index (χ1v) is 6.07. The molecule has 0 radical (unpaired) electrons. The molecule has 0 aromatic heterocycles. The number of aliphatic hydroxyl groups is 1. The van der Waals surface area contributed by atoms with Crippen molar-refractivity contribution in [1.29, 1.82) is 0 Å². The third-order valence-electron chi connectivity index (χ3n) is 3.31. The molecule has 0 saturated carbocycles. The van der Waals surface area contributed by atoms with Crippen molar-refractivity contribution in [2.45, 2.75) is 37.1 Å². The summed E-state index contributed by atoms with van der Waals surface area (Å²) >= 11 is 0. The second-order valence-corrected chi connectivity index (χ2v) is 4.70. The summed E-state index contributed by atoms with van der Waals surface area (Å²) in [4.78, 5) is 0. The van der Waals surface area contributed by atoms with Gasteiger partial charge in [0.2, 0.25) is 0 Å². The fourth-order valence-corrected chi connectivity index (χ4v) is 2.16. The molecule has 1 heterocycles. The van der Waals surface area contributed by atoms with E-state index in [4.69, 9.17) is 9.84 Å². The quantitative estimate of drug-likeness (QED) is 0.864. The molecule has 1 fully saturated rings. The normalized spacial score (nSPS) is 24.1. The fraction of sp³-hybridized carbons (Fsp3) is 0.538. The van der Waals surface area contributed by atoms with E-state index >= 15 is 0 Å². The molecule has 1 aromatic carbocycles. The molecule has 0 bridgehead atoms. The summed E-state index contributed by atoms with van der Waals surface area (Å²) in [5, 5.41) is 8.92. The third-order valence-corrected chi connectivity index (χ3v) is 3.31. The maximum absolute atomic E-state index is 13.1. The standard InChI is InChI=1S/C13H13F5O2/c14-12(15,13(16,17)18)9-3-1-8(2-4-9)11-6-5-10(7-19)20-11/h1-4,10-11,19H,5-7H2. The number of benzene rings is 1. The SMILES string of the molecule is OCC1CCC(c2ccc(C(F)(F)C(F)(F)F)cc2)O1. The molecule has 2 rings (SSSR count). The van der Waals surface area contributed by atoms with Crippen LogP contribution in [0.2, 0.25) is 0 Å². The number of halogens is 5. The first-order chi connectivity index (χ1) is 9.25. The van der Waals surface area contributed by atoms with Gasteiger partial charge in [0, 0.05) is 5.56 Å². The number of hydrogen-bond donors (Lipinski definition) is 1. The first kappa shape index (κ1) is 15.2. The van der Waals surface area contributed by atoms with Crippen LogP contribution >= 0.6 is 0 Å². The third kappa shape index (κ3) is 2.78. The molecule has 0 amide bonds. The number of rotatable bonds is 3. The maximum atomic E-state index is 13.1. The summed E-state index contributed by atoms with van der Waals surface area (Å²) in [5.74, 6) is -4.87. The molecular formula is C13H13F5O2. The molecule has 2 nitrogen and oxygen atoms in total. The predicted octanol–water partition coefficient (Wildman–Crippen LogP) is 3.55. The lowest BCUT2D eigenvalue weighted by molar-refractivity contribution is -0.289. The van der Waals surface area contributed by atoms with Crippen molar-refractivity contribution < 1.29 is 31.8 Å². The molecule has 1 aliphatic rings. The van der Waals surface area contributed by atoms with Gasteiger partial charge in [-0.25, -0.2) is 0 Å². The van der Waals surface area contributed by atoms with Gasteiger partial charge >= 0.3 is 12.1 Å². The molecule has 112 valence electrons. The van der Waals surface area contributed by atoms with E-state index in [1.54, 1.807) is 0 Å². The lowest BCUT2D eigenvalue weighted by atomic mass is 10.0. The minimum Gasteiger partial charge on any atom is -0.394 e. The Labute approximate surface area is 112 Å². The summed E-state index contributed by atoms with van der Waals surface area (Å²) in [7, 11) is 0. The van der Waals surface area contributed by atoms with Crippen LogP contribution in [0.1, 0.15) is 30.1 Å². The zero-order valence-corrected chi connectivity index (χ0v) is 10.3. The molecule has 0 aliphatic carbocycles. The summed E-state index contributed by atoms with van der Waals surface area (Å²) < 4.78 is 68.3. The Kier molecular flexibility index (Phi) is 4.02. The number of alkyl halides is 5. The van der Waals surface area contributed by atoms with Crippen molar-refractivity contribution in [2.75, 3.05) is 6.61 Å². The fourth-order valence-electron chi connectivity index (χ4n) is 2.16. The van der Waals surface area contributed by atoms with Gasteiger partial charge in [0.05, 0.1) is 18.8 Å². The molecule has 0 spiro atoms. The van der Waals surface area contributed by atoms with Crippen molar-refractivity contribution in [3.05, 3.63) is 35.4 Å². The van der Waals surface area contributed by atoms with Crippen molar-refractivity contribution >= 4 is 0 Å². The molecule has 1 aliphatic heterocycles. The van der Waals surface area contributed by atoms with E-state index in [9.17, 15) is 22.0 Å². The monoisotopic (exact) mass is 296 g/mol. The molecular weight excluding hydrogens is 283 g/mol. The van der Waals surface area contributed by atoms with Crippen LogP contribution in [0.5, 0.6) is 0 Å². The van der Waals surface area contributed by atoms with E-state index in [-0.39, 0.29) is 18.8 Å². The lowest BCUT2D eigenvalue weighted by Gasteiger charge is -2.20. The van der Waals surface area contributed by atoms with E-state index < -0.39 is 17.7 Å². The van der Waals surface area contributed by atoms with Gasteiger partial charge in [0.25, 0.3) is 0 Å². The lowest BCUT2D eigenvalue weighted by Crippen LogP contribution is -2.33. The minimum atomic E-state index is -5.61. The Morgan fingerprint density at radius 1 is 1.05 bits per heavy atom. The highest BCUT2D eigenvalue weighted by Crippen LogP contribution is 2.44. The molecule has 7 heteroatoms. The minimum absolute atomic E-state index is 0.138. The van der Waals surface area contributed by atoms with E-state index in [1.807, 2.05) is 0 Å². The van der Waals surface area contributed by atoms with Crippen LogP contribution in [-0.4, -0.2) is 24.0 Å². The van der Waals surface area contributed by atoms with Gasteiger partial charge in [0.1, 0.15) is 0 Å². The highest BCUT2D eigenvalue weighted by Gasteiger charge is 2.58. The van der Waals surface area contributed by atoms with Crippen molar-refractivity contribution in [2.24, 2.45) is 0 Å². The average Bonchev–Trinajstić information content (AvgIpc) is 2.86. The van der Waals surface area contributed by atoms with Gasteiger partial charge in [-0.15, -0.1) is 0 Å². The largest absolute Gasteiger partial charge is 0.458 e. The molecule has 20 heavy (non-hydrogen) atoms. The molecule has 1 N–H and O–H groups in total. The Morgan fingerprint density at radius 2 is 1.65 bits per heavy atom. The van der Waals surface area contributed by atoms with Crippen LogP contribution in [0.25, 0.3) is 0 Å². The van der Waals surface area contributed by atoms with E-state index in [0.717, 1.165) is 12.1 Å². The van der Waals surface area contributed by atoms with Gasteiger partial charge < -0.3 is 9.84 Å². The summed E-state index contributed by atoms with van der Waals surface area (Å²) in [5.41, 5.74) is -0.562. The zero-order valence-electron chi connectivity index (χ0n) is 10.3. The Balaban J connectivity index is 2.15. The number of hydrogen-bond acceptors (Lipinski definition) is 2. The summed E-state index contributed by atoms with van der Waals surface area (Å²) in [6.07, 6.45) is -5.07. The van der Waals surface area contributed by atoms with Crippen LogP contribution in [0, 0.1) is 0 Å². The second-order valence-electron chi connectivity index (χ2n) is 4.70. The highest BCUT2D eigenvalue weighted by atomic mass is 19.4. The molecule has 2 unspecified atom stereocenters. The zero-order chi connectivity index (χ0) is 15.0. The van der Waals surface area contributed by atoms with Gasteiger partial charge in [0.15, 0.2) is 0 Å². The van der Waals surface area contributed by atoms with Gasteiger partial charge in [-0.1, -0.05) is 24.3 Å². The number of aliphatic hydroxyl groups excluding tert-OH is 1. The number of ether oxygens (including phenoxy) is 1. The van der Waals surface area contributed by atoms with E-state index in [0.29, 0.717) is 18.4 Å². The van der Waals surface area contributed by atoms with Crippen LogP contribution < -0.4 is 0 Å². The van der Waals surface area contributed by atoms with Crippen LogP contribution in [-0.2, 0) is 10.7 Å². The van der Waals surface area contributed by atoms with Crippen LogP contribution in [0.4, 0.5) is 22.0 Å². The van der Waals surface area contributed by atoms with Gasteiger partial charge in [-0.05, 0) is 18.4 Å². The van der Waals surface area contributed by atoms with E-state index in [1.165, 1.54) is 12.1 Å². The smallest absolute Gasteiger partial charge is 0.394 e. The Bertz CT molecular complexity index is 455. The van der Waals surface area contributed by atoms with Gasteiger partial charge in [-0.3, -0.25) is 0 Å². The molecule has 1 aromatic rings. The Hall–Kier alpha value is -1.21. The van der Waals surface area contributed by atoms with Crippen LogP contribution in [0.3, 0.4) is 0 Å². The van der Waals surface area contributed by atoms with Gasteiger partial charge in [-0.2, -0.15) is 22.0 Å². The maximum Gasteiger partial charge on any atom is 0.458 e. The van der Waals surface area contributed by atoms with Crippen molar-refractivity contribution in [3.63, 3.8) is 0 Å². The first-order valence-electron chi connectivity index (χ1n) is 6.07. The average molecular weight is 296 g/mol. The highest BCUT2D eigenvalue weighted by molar-refractivity contribution is 5.28. The Morgan fingerprint density at radius 3 is 2.10 bits per heavy atom. The summed E-state index contributed by atoms with van der Waals surface area (Å²) in [6.45, 7) is -0.138. The van der Waals surface area contributed by atoms with Crippen LogP contribution in [0.15, 0.2) is 24.3 Å². The van der Waals surface area contributed by atoms with Crippen molar-refractivity contribution in [3.8, 4) is 0 Å². The van der Waals surface area contributed by atoms with E-state index in [2.05, 4.69) is 0 Å². The summed E-state index contributed by atoms with van der Waals surface area (Å²) in [6, 6.07) is 3.94. The second kappa shape index (κ2) is 5.29. The molecule has 1 saturated heterocycles. The van der Waals surface area contributed by atoms with Crippen molar-refractivity contribution in [1.82, 2.24) is 0 Å².